The predicted octanol–water partition coefficient (Wildman–Crippen LogP) is 1.37. The fourth-order valence-electron chi connectivity index (χ4n) is 3.52. The van der Waals surface area contributed by atoms with Crippen LogP contribution in [0, 0.1) is 11.8 Å². The van der Waals surface area contributed by atoms with Crippen LogP contribution in [-0.2, 0) is 19.6 Å². The van der Waals surface area contributed by atoms with E-state index in [1.54, 1.807) is 0 Å². The molecule has 0 bridgehead atoms. The second kappa shape index (κ2) is 8.44. The van der Waals surface area contributed by atoms with E-state index in [0.29, 0.717) is 38.3 Å². The highest BCUT2D eigenvalue weighted by atomic mass is 32.2. The van der Waals surface area contributed by atoms with Gasteiger partial charge in [0.2, 0.25) is 15.9 Å². The Hall–Kier alpha value is -0.660. The summed E-state index contributed by atoms with van der Waals surface area (Å²) in [6.45, 7) is 4.07. The van der Waals surface area contributed by atoms with Crippen molar-refractivity contribution < 1.29 is 17.9 Å². The van der Waals surface area contributed by atoms with E-state index in [0.717, 1.165) is 19.3 Å². The molecule has 0 radical (unpaired) electrons. The maximum atomic E-state index is 12.2. The van der Waals surface area contributed by atoms with Gasteiger partial charge in [-0.1, -0.05) is 19.8 Å². The molecular weight excluding hydrogens is 316 g/mol. The average molecular weight is 346 g/mol. The van der Waals surface area contributed by atoms with E-state index >= 15 is 0 Å². The average Bonchev–Trinajstić information content (AvgIpc) is 2.52. The lowest BCUT2D eigenvalue weighted by molar-refractivity contribution is -0.126. The summed E-state index contributed by atoms with van der Waals surface area (Å²) in [5, 5.41) is 2.89. The minimum atomic E-state index is -3.21. The molecule has 0 aromatic carbocycles. The number of carbonyl (C=O) groups excluding carboxylic acids is 1. The van der Waals surface area contributed by atoms with Crippen LogP contribution in [0.3, 0.4) is 0 Å². The SMILES string of the molecule is C[C@@H]1CCCC[C@@H]1OCCNC(=O)[C@@H]1CCCN(S(C)(=O)=O)C1. The molecule has 23 heavy (non-hydrogen) atoms. The minimum absolute atomic E-state index is 0.0568. The Morgan fingerprint density at radius 1 is 1.22 bits per heavy atom. The van der Waals surface area contributed by atoms with Crippen molar-refractivity contribution in [2.75, 3.05) is 32.5 Å². The van der Waals surface area contributed by atoms with Gasteiger partial charge in [0.25, 0.3) is 0 Å². The van der Waals surface area contributed by atoms with E-state index in [1.807, 2.05) is 0 Å². The fraction of sp³-hybridized carbons (Fsp3) is 0.938. The van der Waals surface area contributed by atoms with Gasteiger partial charge in [0.15, 0.2) is 0 Å². The third-order valence-electron chi connectivity index (χ3n) is 4.99. The molecule has 7 heteroatoms. The lowest BCUT2D eigenvalue weighted by Crippen LogP contribution is -2.45. The molecule has 1 N–H and O–H groups in total. The number of rotatable bonds is 6. The van der Waals surface area contributed by atoms with Crippen LogP contribution < -0.4 is 5.32 Å². The largest absolute Gasteiger partial charge is 0.376 e. The summed E-state index contributed by atoms with van der Waals surface area (Å²) >= 11 is 0. The first-order chi connectivity index (χ1) is 10.9. The molecule has 1 aliphatic heterocycles. The van der Waals surface area contributed by atoms with Crippen molar-refractivity contribution in [3.8, 4) is 0 Å². The topological polar surface area (TPSA) is 75.7 Å². The quantitative estimate of drug-likeness (QED) is 0.737. The Morgan fingerprint density at radius 2 is 1.96 bits per heavy atom. The fourth-order valence-corrected chi connectivity index (χ4v) is 4.43. The Labute approximate surface area is 140 Å². The Morgan fingerprint density at radius 3 is 2.65 bits per heavy atom. The molecule has 2 rings (SSSR count). The van der Waals surface area contributed by atoms with Gasteiger partial charge in [-0.05, 0) is 31.6 Å². The first-order valence-corrected chi connectivity index (χ1v) is 10.6. The second-order valence-electron chi connectivity index (χ2n) is 6.92. The van der Waals surface area contributed by atoms with Gasteiger partial charge in [-0.3, -0.25) is 4.79 Å². The standard InChI is InChI=1S/C16H30N2O4S/c1-13-6-3-4-8-15(13)22-11-9-17-16(19)14-7-5-10-18(12-14)23(2,20)21/h13-15H,3-12H2,1-2H3,(H,17,19)/t13-,14-,15+/m1/s1. The highest BCUT2D eigenvalue weighted by molar-refractivity contribution is 7.88. The molecule has 0 aromatic heterocycles. The summed E-state index contributed by atoms with van der Waals surface area (Å²) in [6, 6.07) is 0. The molecular formula is C16H30N2O4S. The van der Waals surface area contributed by atoms with Crippen molar-refractivity contribution in [3.63, 3.8) is 0 Å². The van der Waals surface area contributed by atoms with E-state index in [-0.39, 0.29) is 11.8 Å². The zero-order chi connectivity index (χ0) is 16.9. The van der Waals surface area contributed by atoms with Gasteiger partial charge in [0.05, 0.1) is 24.9 Å². The number of nitrogens with zero attached hydrogens (tertiary/aromatic N) is 1. The van der Waals surface area contributed by atoms with Crippen molar-refractivity contribution in [1.82, 2.24) is 9.62 Å². The third kappa shape index (κ3) is 5.72. The summed E-state index contributed by atoms with van der Waals surface area (Å²) in [5.74, 6) is 0.298. The molecule has 1 amide bonds. The van der Waals surface area contributed by atoms with Crippen molar-refractivity contribution in [2.45, 2.75) is 51.6 Å². The molecule has 3 atom stereocenters. The van der Waals surface area contributed by atoms with E-state index < -0.39 is 10.0 Å². The van der Waals surface area contributed by atoms with Gasteiger partial charge in [0, 0.05) is 19.6 Å². The second-order valence-corrected chi connectivity index (χ2v) is 8.90. The number of ether oxygens (including phenoxy) is 1. The number of piperidine rings is 1. The number of carbonyl (C=O) groups is 1. The zero-order valence-electron chi connectivity index (χ0n) is 14.3. The van der Waals surface area contributed by atoms with Gasteiger partial charge in [-0.15, -0.1) is 0 Å². The van der Waals surface area contributed by atoms with Gasteiger partial charge < -0.3 is 10.1 Å². The molecule has 1 saturated carbocycles. The van der Waals surface area contributed by atoms with Gasteiger partial charge in [-0.25, -0.2) is 12.7 Å². The molecule has 1 heterocycles. The maximum Gasteiger partial charge on any atom is 0.224 e. The molecule has 0 aromatic rings. The third-order valence-corrected chi connectivity index (χ3v) is 6.26. The molecule has 134 valence electrons. The lowest BCUT2D eigenvalue weighted by atomic mass is 9.88. The Bertz CT molecular complexity index is 494. The summed E-state index contributed by atoms with van der Waals surface area (Å²) < 4.78 is 30.5. The van der Waals surface area contributed by atoms with E-state index in [9.17, 15) is 13.2 Å². The van der Waals surface area contributed by atoms with Gasteiger partial charge >= 0.3 is 0 Å². The van der Waals surface area contributed by atoms with Gasteiger partial charge in [0.1, 0.15) is 0 Å². The van der Waals surface area contributed by atoms with Crippen molar-refractivity contribution >= 4 is 15.9 Å². The van der Waals surface area contributed by atoms with Crippen LogP contribution >= 0.6 is 0 Å². The van der Waals surface area contributed by atoms with Crippen LogP contribution in [0.5, 0.6) is 0 Å². The predicted molar refractivity (Wildman–Crippen MR) is 89.5 cm³/mol. The Balaban J connectivity index is 1.68. The van der Waals surface area contributed by atoms with Crippen molar-refractivity contribution in [1.29, 1.82) is 0 Å². The molecule has 0 unspecified atom stereocenters. The summed E-state index contributed by atoms with van der Waals surface area (Å²) in [7, 11) is -3.21. The van der Waals surface area contributed by atoms with Crippen LogP contribution in [0.1, 0.15) is 45.4 Å². The van der Waals surface area contributed by atoms with Crippen LogP contribution in [0.25, 0.3) is 0 Å². The normalized spacial score (nSPS) is 30.1. The number of sulfonamides is 1. The number of hydrogen-bond donors (Lipinski definition) is 1. The van der Waals surface area contributed by atoms with E-state index in [4.69, 9.17) is 4.74 Å². The van der Waals surface area contributed by atoms with Crippen LogP contribution in [0.4, 0.5) is 0 Å². The summed E-state index contributed by atoms with van der Waals surface area (Å²) in [5.41, 5.74) is 0. The highest BCUT2D eigenvalue weighted by Gasteiger charge is 2.30. The molecule has 0 spiro atoms. The summed E-state index contributed by atoms with van der Waals surface area (Å²) in [6.07, 6.45) is 7.85. The molecule has 2 fully saturated rings. The first-order valence-electron chi connectivity index (χ1n) is 8.72. The van der Waals surface area contributed by atoms with Crippen LogP contribution in [0.2, 0.25) is 0 Å². The number of hydrogen-bond acceptors (Lipinski definition) is 4. The number of nitrogens with one attached hydrogen (secondary N) is 1. The van der Waals surface area contributed by atoms with Crippen LogP contribution in [0.15, 0.2) is 0 Å². The van der Waals surface area contributed by atoms with Crippen LogP contribution in [-0.4, -0.2) is 57.2 Å². The first kappa shape index (κ1) is 18.7. The highest BCUT2D eigenvalue weighted by Crippen LogP contribution is 2.26. The van der Waals surface area contributed by atoms with Crippen molar-refractivity contribution in [3.05, 3.63) is 0 Å². The zero-order valence-corrected chi connectivity index (χ0v) is 15.1. The molecule has 2 aliphatic rings. The van der Waals surface area contributed by atoms with E-state index in [2.05, 4.69) is 12.2 Å². The molecule has 1 aliphatic carbocycles. The molecule has 6 nitrogen and oxygen atoms in total. The monoisotopic (exact) mass is 346 g/mol. The van der Waals surface area contributed by atoms with Gasteiger partial charge in [-0.2, -0.15) is 0 Å². The smallest absolute Gasteiger partial charge is 0.224 e. The minimum Gasteiger partial charge on any atom is -0.376 e. The lowest BCUT2D eigenvalue weighted by Gasteiger charge is -2.30. The molecule has 1 saturated heterocycles. The maximum absolute atomic E-state index is 12.2. The summed E-state index contributed by atoms with van der Waals surface area (Å²) in [4.78, 5) is 12.2. The van der Waals surface area contributed by atoms with E-state index in [1.165, 1.54) is 29.8 Å². The Kier molecular flexibility index (Phi) is 6.85. The van der Waals surface area contributed by atoms with Crippen molar-refractivity contribution in [2.24, 2.45) is 11.8 Å². The number of amides is 1.